The third kappa shape index (κ3) is 2.82. The highest BCUT2D eigenvalue weighted by Gasteiger charge is 2.20. The Morgan fingerprint density at radius 1 is 1.40 bits per heavy atom. The Balaban J connectivity index is 1.91. The van der Waals surface area contributed by atoms with E-state index in [4.69, 9.17) is 0 Å². The van der Waals surface area contributed by atoms with E-state index in [9.17, 15) is 5.11 Å². The van der Waals surface area contributed by atoms with Gasteiger partial charge in [0.25, 0.3) is 0 Å². The van der Waals surface area contributed by atoms with Crippen molar-refractivity contribution in [1.82, 2.24) is 0 Å². The van der Waals surface area contributed by atoms with E-state index in [-0.39, 0.29) is 6.10 Å². The van der Waals surface area contributed by atoms with E-state index >= 15 is 0 Å². The molecule has 0 aromatic carbocycles. The minimum Gasteiger partial charge on any atom is -0.388 e. The quantitative estimate of drug-likeness (QED) is 0.821. The maximum absolute atomic E-state index is 10.2. The fourth-order valence-electron chi connectivity index (χ4n) is 2.57. The van der Waals surface area contributed by atoms with Crippen molar-refractivity contribution in [1.29, 1.82) is 0 Å². The van der Waals surface area contributed by atoms with E-state index in [0.717, 1.165) is 12.3 Å². The molecule has 1 nitrogen and oxygen atoms in total. The molecule has 1 heterocycles. The molecule has 1 aliphatic carbocycles. The minimum absolute atomic E-state index is 0.215. The van der Waals surface area contributed by atoms with Crippen LogP contribution in [0, 0.1) is 12.8 Å². The Kier molecular flexibility index (Phi) is 3.81. The molecule has 0 aliphatic heterocycles. The fourth-order valence-corrected chi connectivity index (χ4v) is 3.50. The average molecular weight is 224 g/mol. The van der Waals surface area contributed by atoms with Crippen LogP contribution in [0.3, 0.4) is 0 Å². The molecule has 1 N–H and O–H groups in total. The van der Waals surface area contributed by atoms with Crippen LogP contribution in [0.15, 0.2) is 11.4 Å². The number of aryl methyl sites for hydroxylation is 1. The zero-order chi connectivity index (χ0) is 10.7. The van der Waals surface area contributed by atoms with Crippen molar-refractivity contribution in [2.24, 2.45) is 5.92 Å². The van der Waals surface area contributed by atoms with Gasteiger partial charge in [-0.1, -0.05) is 32.1 Å². The molecule has 15 heavy (non-hydrogen) atoms. The molecular weight excluding hydrogens is 204 g/mol. The lowest BCUT2D eigenvalue weighted by atomic mass is 9.85. The molecule has 0 bridgehead atoms. The lowest BCUT2D eigenvalue weighted by Gasteiger charge is -2.23. The third-order valence-corrected chi connectivity index (χ3v) is 4.61. The second-order valence-electron chi connectivity index (χ2n) is 4.72. The van der Waals surface area contributed by atoms with Gasteiger partial charge in [-0.15, -0.1) is 11.3 Å². The van der Waals surface area contributed by atoms with Crippen molar-refractivity contribution in [3.8, 4) is 0 Å². The summed E-state index contributed by atoms with van der Waals surface area (Å²) in [5.74, 6) is 0.759. The first-order valence-electron chi connectivity index (χ1n) is 5.99. The molecule has 1 atom stereocenters. The number of aliphatic hydroxyl groups excluding tert-OH is 1. The van der Waals surface area contributed by atoms with Crippen molar-refractivity contribution in [3.63, 3.8) is 0 Å². The van der Waals surface area contributed by atoms with E-state index in [0.29, 0.717) is 0 Å². The first-order valence-corrected chi connectivity index (χ1v) is 6.87. The Morgan fingerprint density at radius 2 is 2.13 bits per heavy atom. The summed E-state index contributed by atoms with van der Waals surface area (Å²) in [6, 6.07) is 2.10. The van der Waals surface area contributed by atoms with Gasteiger partial charge in [-0.25, -0.2) is 0 Å². The van der Waals surface area contributed by atoms with E-state index in [1.807, 2.05) is 0 Å². The molecule has 2 heteroatoms. The first kappa shape index (κ1) is 11.2. The molecule has 1 aliphatic rings. The van der Waals surface area contributed by atoms with Gasteiger partial charge in [0.2, 0.25) is 0 Å². The maximum Gasteiger partial charge on any atom is 0.0887 e. The molecule has 0 saturated heterocycles. The number of hydrogen-bond donors (Lipinski definition) is 1. The molecule has 84 valence electrons. The minimum atomic E-state index is -0.215. The SMILES string of the molecule is Cc1ccsc1C(O)CC1CCCCC1. The highest BCUT2D eigenvalue weighted by molar-refractivity contribution is 7.10. The summed E-state index contributed by atoms with van der Waals surface area (Å²) in [7, 11) is 0. The second-order valence-corrected chi connectivity index (χ2v) is 5.67. The van der Waals surface area contributed by atoms with E-state index in [2.05, 4.69) is 18.4 Å². The molecule has 1 saturated carbocycles. The zero-order valence-corrected chi connectivity index (χ0v) is 10.2. The molecule has 2 rings (SSSR count). The monoisotopic (exact) mass is 224 g/mol. The summed E-state index contributed by atoms with van der Waals surface area (Å²) < 4.78 is 0. The summed E-state index contributed by atoms with van der Waals surface area (Å²) in [5, 5.41) is 12.2. The number of aliphatic hydroxyl groups is 1. The Morgan fingerprint density at radius 3 is 2.73 bits per heavy atom. The molecule has 0 radical (unpaired) electrons. The van der Waals surface area contributed by atoms with Gasteiger partial charge in [-0.2, -0.15) is 0 Å². The highest BCUT2D eigenvalue weighted by Crippen LogP contribution is 2.34. The Labute approximate surface area is 96.1 Å². The van der Waals surface area contributed by atoms with Gasteiger partial charge in [0.15, 0.2) is 0 Å². The van der Waals surface area contributed by atoms with Crippen LogP contribution in [-0.2, 0) is 0 Å². The molecule has 0 spiro atoms. The van der Waals surface area contributed by atoms with E-state index in [1.54, 1.807) is 11.3 Å². The van der Waals surface area contributed by atoms with E-state index < -0.39 is 0 Å². The average Bonchev–Trinajstić information content (AvgIpc) is 2.66. The standard InChI is InChI=1S/C13H20OS/c1-10-7-8-15-13(10)12(14)9-11-5-3-2-4-6-11/h7-8,11-12,14H,2-6,9H2,1H3. The van der Waals surface area contributed by atoms with Gasteiger partial charge in [0, 0.05) is 4.88 Å². The summed E-state index contributed by atoms with van der Waals surface area (Å²) in [6.07, 6.45) is 7.52. The Bertz CT molecular complexity index is 299. The van der Waals surface area contributed by atoms with Crippen LogP contribution in [0.25, 0.3) is 0 Å². The van der Waals surface area contributed by atoms with Gasteiger partial charge >= 0.3 is 0 Å². The molecule has 1 aromatic heterocycles. The fraction of sp³-hybridized carbons (Fsp3) is 0.692. The summed E-state index contributed by atoms with van der Waals surface area (Å²) in [4.78, 5) is 1.18. The number of rotatable bonds is 3. The summed E-state index contributed by atoms with van der Waals surface area (Å²) in [6.45, 7) is 2.09. The largest absolute Gasteiger partial charge is 0.388 e. The van der Waals surface area contributed by atoms with Gasteiger partial charge in [0.1, 0.15) is 0 Å². The first-order chi connectivity index (χ1) is 7.27. The van der Waals surface area contributed by atoms with Crippen LogP contribution in [0.4, 0.5) is 0 Å². The number of thiophene rings is 1. The normalized spacial score (nSPS) is 20.4. The van der Waals surface area contributed by atoms with Crippen molar-refractivity contribution in [2.75, 3.05) is 0 Å². The Hall–Kier alpha value is -0.340. The predicted octanol–water partition coefficient (Wildman–Crippen LogP) is 4.06. The third-order valence-electron chi connectivity index (χ3n) is 3.49. The van der Waals surface area contributed by atoms with Crippen LogP contribution < -0.4 is 0 Å². The summed E-state index contributed by atoms with van der Waals surface area (Å²) in [5.41, 5.74) is 1.25. The van der Waals surface area contributed by atoms with Crippen LogP contribution in [0.2, 0.25) is 0 Å². The zero-order valence-electron chi connectivity index (χ0n) is 9.41. The van der Waals surface area contributed by atoms with Crippen LogP contribution in [0.1, 0.15) is 55.1 Å². The number of hydrogen-bond acceptors (Lipinski definition) is 2. The van der Waals surface area contributed by atoms with Crippen LogP contribution in [0.5, 0.6) is 0 Å². The van der Waals surface area contributed by atoms with Crippen molar-refractivity contribution in [3.05, 3.63) is 21.9 Å². The van der Waals surface area contributed by atoms with Crippen molar-refractivity contribution >= 4 is 11.3 Å². The van der Waals surface area contributed by atoms with Crippen LogP contribution >= 0.6 is 11.3 Å². The smallest absolute Gasteiger partial charge is 0.0887 e. The van der Waals surface area contributed by atoms with Crippen LogP contribution in [-0.4, -0.2) is 5.11 Å². The maximum atomic E-state index is 10.2. The lowest BCUT2D eigenvalue weighted by Crippen LogP contribution is -2.10. The van der Waals surface area contributed by atoms with Gasteiger partial charge in [0.05, 0.1) is 6.10 Å². The molecule has 1 fully saturated rings. The molecule has 0 amide bonds. The van der Waals surface area contributed by atoms with Crippen molar-refractivity contribution in [2.45, 2.75) is 51.6 Å². The van der Waals surface area contributed by atoms with Gasteiger partial charge < -0.3 is 5.11 Å². The van der Waals surface area contributed by atoms with E-state index in [1.165, 1.54) is 42.5 Å². The predicted molar refractivity (Wildman–Crippen MR) is 65.2 cm³/mol. The van der Waals surface area contributed by atoms with Crippen molar-refractivity contribution < 1.29 is 5.11 Å². The van der Waals surface area contributed by atoms with Gasteiger partial charge in [-0.05, 0) is 36.3 Å². The second kappa shape index (κ2) is 5.13. The van der Waals surface area contributed by atoms with Gasteiger partial charge in [-0.3, -0.25) is 0 Å². The molecule has 1 aromatic rings. The molecule has 1 unspecified atom stereocenters. The summed E-state index contributed by atoms with van der Waals surface area (Å²) >= 11 is 1.70. The highest BCUT2D eigenvalue weighted by atomic mass is 32.1. The molecular formula is C13H20OS. The topological polar surface area (TPSA) is 20.2 Å². The lowest BCUT2D eigenvalue weighted by molar-refractivity contribution is 0.134.